The fraction of sp³-hybridized carbons (Fsp3) is 0.261. The van der Waals surface area contributed by atoms with E-state index in [-0.39, 0.29) is 17.2 Å². The summed E-state index contributed by atoms with van der Waals surface area (Å²) in [4.78, 5) is 34.6. The van der Waals surface area contributed by atoms with Crippen molar-refractivity contribution in [3.63, 3.8) is 0 Å². The standard InChI is InChI=1S/C19H15N5O3.2C2H6/c25-17-9-7-14-15(20-11-21-18(14)23-17)8-6-13-10-16(24-27-13)19(26)22-12-4-2-1-3-5-12;2*1-2/h1-5,7,9-11H,6,8H2,(H,22,26)(H,20,21,23,25);2*1-2H3. The average molecular weight is 422 g/mol. The molecule has 2 N–H and O–H groups in total. The maximum Gasteiger partial charge on any atom is 0.277 e. The number of para-hydroxylation sites is 1. The van der Waals surface area contributed by atoms with Crippen molar-refractivity contribution in [2.75, 3.05) is 5.32 Å². The molecule has 1 aromatic carbocycles. The second-order valence-corrected chi connectivity index (χ2v) is 5.90. The number of fused-ring (bicyclic) bond motifs is 1. The molecule has 0 spiro atoms. The highest BCUT2D eigenvalue weighted by Gasteiger charge is 2.13. The molecule has 1 amide bonds. The lowest BCUT2D eigenvalue weighted by Crippen LogP contribution is -2.11. The van der Waals surface area contributed by atoms with E-state index in [4.69, 9.17) is 4.52 Å². The average Bonchev–Trinajstić information content (AvgIpc) is 3.30. The van der Waals surface area contributed by atoms with Crippen LogP contribution in [0, 0.1) is 0 Å². The molecule has 0 unspecified atom stereocenters. The van der Waals surface area contributed by atoms with E-state index in [0.717, 1.165) is 11.1 Å². The maximum atomic E-state index is 12.2. The van der Waals surface area contributed by atoms with Crippen molar-refractivity contribution in [3.8, 4) is 0 Å². The molecule has 0 saturated carbocycles. The van der Waals surface area contributed by atoms with Crippen LogP contribution in [-0.2, 0) is 12.8 Å². The van der Waals surface area contributed by atoms with E-state index in [1.165, 1.54) is 12.4 Å². The summed E-state index contributed by atoms with van der Waals surface area (Å²) in [5, 5.41) is 7.37. The number of pyridine rings is 1. The van der Waals surface area contributed by atoms with E-state index < -0.39 is 0 Å². The molecule has 31 heavy (non-hydrogen) atoms. The van der Waals surface area contributed by atoms with Crippen LogP contribution in [0.15, 0.2) is 64.2 Å². The fourth-order valence-electron chi connectivity index (χ4n) is 2.72. The van der Waals surface area contributed by atoms with Gasteiger partial charge in [-0.25, -0.2) is 9.97 Å². The highest BCUT2D eigenvalue weighted by atomic mass is 16.5. The van der Waals surface area contributed by atoms with Crippen LogP contribution in [-0.4, -0.2) is 26.0 Å². The molecule has 0 aliphatic heterocycles. The predicted molar refractivity (Wildman–Crippen MR) is 121 cm³/mol. The Balaban J connectivity index is 0.000000807. The minimum atomic E-state index is -0.332. The molecule has 0 bridgehead atoms. The van der Waals surface area contributed by atoms with Gasteiger partial charge in [0.1, 0.15) is 17.7 Å². The number of anilines is 1. The van der Waals surface area contributed by atoms with Crippen molar-refractivity contribution < 1.29 is 9.32 Å². The van der Waals surface area contributed by atoms with Gasteiger partial charge < -0.3 is 14.8 Å². The number of hydrogen-bond donors (Lipinski definition) is 2. The zero-order valence-corrected chi connectivity index (χ0v) is 18.2. The Kier molecular flexibility index (Phi) is 9.10. The first-order chi connectivity index (χ1) is 15.2. The van der Waals surface area contributed by atoms with E-state index in [1.807, 2.05) is 45.9 Å². The normalized spacial score (nSPS) is 9.81. The number of nitrogens with one attached hydrogen (secondary N) is 2. The van der Waals surface area contributed by atoms with E-state index in [1.54, 1.807) is 24.3 Å². The van der Waals surface area contributed by atoms with Gasteiger partial charge in [0.2, 0.25) is 5.56 Å². The smallest absolute Gasteiger partial charge is 0.277 e. The number of aryl methyl sites for hydroxylation is 2. The molecule has 8 nitrogen and oxygen atoms in total. The third-order valence-electron chi connectivity index (χ3n) is 4.04. The molecule has 4 aromatic rings. The molecule has 3 heterocycles. The second-order valence-electron chi connectivity index (χ2n) is 5.90. The SMILES string of the molecule is CC.CC.O=C(Nc1ccccc1)c1cc(CCc2ncnc3[nH]c(=O)ccc23)on1. The van der Waals surface area contributed by atoms with E-state index in [2.05, 4.69) is 25.4 Å². The lowest BCUT2D eigenvalue weighted by molar-refractivity contribution is 0.101. The first kappa shape index (κ1) is 23.5. The van der Waals surface area contributed by atoms with Crippen LogP contribution >= 0.6 is 0 Å². The van der Waals surface area contributed by atoms with Crippen LogP contribution in [0.4, 0.5) is 5.69 Å². The molecule has 0 fully saturated rings. The molecule has 0 aliphatic carbocycles. The van der Waals surface area contributed by atoms with Crippen molar-refractivity contribution in [3.05, 3.63) is 82.4 Å². The van der Waals surface area contributed by atoms with Gasteiger partial charge in [-0.2, -0.15) is 0 Å². The minimum Gasteiger partial charge on any atom is -0.361 e. The Labute approximate surface area is 180 Å². The highest BCUT2D eigenvalue weighted by Crippen LogP contribution is 2.15. The first-order valence-corrected chi connectivity index (χ1v) is 10.3. The van der Waals surface area contributed by atoms with Crippen molar-refractivity contribution in [2.45, 2.75) is 40.5 Å². The largest absolute Gasteiger partial charge is 0.361 e. The van der Waals surface area contributed by atoms with Gasteiger partial charge in [-0.3, -0.25) is 9.59 Å². The topological polar surface area (TPSA) is 114 Å². The number of aromatic nitrogens is 4. The zero-order valence-electron chi connectivity index (χ0n) is 18.2. The van der Waals surface area contributed by atoms with Crippen molar-refractivity contribution >= 4 is 22.6 Å². The van der Waals surface area contributed by atoms with Crippen LogP contribution in [0.2, 0.25) is 0 Å². The minimum absolute atomic E-state index is 0.212. The van der Waals surface area contributed by atoms with Gasteiger partial charge in [0, 0.05) is 29.6 Å². The molecule has 4 rings (SSSR count). The molecule has 0 aliphatic rings. The van der Waals surface area contributed by atoms with Crippen LogP contribution < -0.4 is 10.9 Å². The summed E-state index contributed by atoms with van der Waals surface area (Å²) in [5.41, 5.74) is 1.96. The molecule has 162 valence electrons. The Morgan fingerprint density at radius 3 is 2.48 bits per heavy atom. The molecule has 0 atom stereocenters. The number of carbonyl (C=O) groups is 1. The maximum absolute atomic E-state index is 12.2. The summed E-state index contributed by atoms with van der Waals surface area (Å²) in [5.74, 6) is 0.241. The molecular weight excluding hydrogens is 394 g/mol. The molecular formula is C23H27N5O3. The van der Waals surface area contributed by atoms with Crippen molar-refractivity contribution in [1.82, 2.24) is 20.1 Å². The summed E-state index contributed by atoms with van der Waals surface area (Å²) in [7, 11) is 0. The number of hydrogen-bond acceptors (Lipinski definition) is 6. The lowest BCUT2D eigenvalue weighted by Gasteiger charge is -2.02. The highest BCUT2D eigenvalue weighted by molar-refractivity contribution is 6.02. The second kappa shape index (κ2) is 12.0. The van der Waals surface area contributed by atoms with Crippen LogP contribution in [0.3, 0.4) is 0 Å². The number of aromatic amines is 1. The van der Waals surface area contributed by atoms with Gasteiger partial charge in [-0.15, -0.1) is 0 Å². The number of nitrogens with zero attached hydrogens (tertiary/aromatic N) is 3. The quantitative estimate of drug-likeness (QED) is 0.494. The molecule has 3 aromatic heterocycles. The van der Waals surface area contributed by atoms with E-state index in [0.29, 0.717) is 29.9 Å². The van der Waals surface area contributed by atoms with Gasteiger partial charge in [0.05, 0.1) is 5.69 Å². The lowest BCUT2D eigenvalue weighted by atomic mass is 10.1. The van der Waals surface area contributed by atoms with Gasteiger partial charge in [0.25, 0.3) is 5.91 Å². The third-order valence-corrected chi connectivity index (χ3v) is 4.04. The Hall–Kier alpha value is -3.81. The van der Waals surface area contributed by atoms with E-state index >= 15 is 0 Å². The Morgan fingerprint density at radius 1 is 1.00 bits per heavy atom. The number of benzene rings is 1. The van der Waals surface area contributed by atoms with E-state index in [9.17, 15) is 9.59 Å². The van der Waals surface area contributed by atoms with Crippen molar-refractivity contribution in [2.24, 2.45) is 0 Å². The number of rotatable bonds is 5. The molecule has 8 heteroatoms. The van der Waals surface area contributed by atoms with Gasteiger partial charge >= 0.3 is 0 Å². The van der Waals surface area contributed by atoms with Gasteiger partial charge in [-0.1, -0.05) is 51.1 Å². The van der Waals surface area contributed by atoms with Crippen LogP contribution in [0.1, 0.15) is 49.6 Å². The molecule has 0 saturated heterocycles. The summed E-state index contributed by atoms with van der Waals surface area (Å²) < 4.78 is 5.26. The van der Waals surface area contributed by atoms with Crippen LogP contribution in [0.5, 0.6) is 0 Å². The summed E-state index contributed by atoms with van der Waals surface area (Å²) in [6.45, 7) is 8.00. The number of carbonyl (C=O) groups excluding carboxylic acids is 1. The third kappa shape index (κ3) is 6.33. The monoisotopic (exact) mass is 421 g/mol. The summed E-state index contributed by atoms with van der Waals surface area (Å²) in [6.07, 6.45) is 2.48. The Bertz CT molecular complexity index is 1150. The Morgan fingerprint density at radius 2 is 1.74 bits per heavy atom. The van der Waals surface area contributed by atoms with Crippen LogP contribution in [0.25, 0.3) is 11.0 Å². The molecule has 0 radical (unpaired) electrons. The predicted octanol–water partition coefficient (Wildman–Crippen LogP) is 4.40. The number of amides is 1. The number of H-pyrrole nitrogens is 1. The van der Waals surface area contributed by atoms with Gasteiger partial charge in [-0.05, 0) is 24.6 Å². The van der Waals surface area contributed by atoms with Crippen molar-refractivity contribution in [1.29, 1.82) is 0 Å². The van der Waals surface area contributed by atoms with Gasteiger partial charge in [0.15, 0.2) is 5.69 Å². The first-order valence-electron chi connectivity index (χ1n) is 10.3. The summed E-state index contributed by atoms with van der Waals surface area (Å²) in [6, 6.07) is 13.9. The zero-order chi connectivity index (χ0) is 22.6. The summed E-state index contributed by atoms with van der Waals surface area (Å²) >= 11 is 0. The fourth-order valence-corrected chi connectivity index (χ4v) is 2.72.